The van der Waals surface area contributed by atoms with Gasteiger partial charge < -0.3 is 24.5 Å². The maximum Gasteiger partial charge on any atom is 0.254 e. The molecule has 6 rings (SSSR count). The molecule has 1 saturated heterocycles. The number of piperidine rings is 1. The van der Waals surface area contributed by atoms with Gasteiger partial charge in [-0.1, -0.05) is 6.92 Å². The number of methoxy groups -OCH3 is 1. The Bertz CT molecular complexity index is 1420. The Morgan fingerprint density at radius 3 is 2.80 bits per heavy atom. The quantitative estimate of drug-likeness (QED) is 0.477. The van der Waals surface area contributed by atoms with Crippen LogP contribution < -0.4 is 10.5 Å². The van der Waals surface area contributed by atoms with Gasteiger partial charge in [0.2, 0.25) is 0 Å². The molecule has 1 aliphatic heterocycles. The molecule has 8 nitrogen and oxygen atoms in total. The molecule has 0 spiro atoms. The Balaban J connectivity index is 1.46. The van der Waals surface area contributed by atoms with E-state index in [0.717, 1.165) is 46.6 Å². The highest BCUT2D eigenvalue weighted by molar-refractivity contribution is 6.00. The number of nitrogens with zero attached hydrogens (tertiary/aromatic N) is 5. The van der Waals surface area contributed by atoms with Gasteiger partial charge in [-0.2, -0.15) is 0 Å². The zero-order valence-electron chi connectivity index (χ0n) is 20.6. The first-order valence-electron chi connectivity index (χ1n) is 12.5. The summed E-state index contributed by atoms with van der Waals surface area (Å²) in [5, 5.41) is 1.11. The number of aromatic nitrogens is 4. The van der Waals surface area contributed by atoms with Crippen LogP contribution in [0.2, 0.25) is 0 Å². The lowest BCUT2D eigenvalue weighted by Gasteiger charge is -2.34. The fourth-order valence-electron chi connectivity index (χ4n) is 5.58. The number of pyridine rings is 1. The fourth-order valence-corrected chi connectivity index (χ4v) is 5.58. The number of likely N-dealkylation sites (tertiary alicyclic amines) is 1. The maximum absolute atomic E-state index is 13.4. The highest BCUT2D eigenvalue weighted by Crippen LogP contribution is 2.37. The molecule has 3 aromatic heterocycles. The number of carbonyl (C=O) groups is 1. The Kier molecular flexibility index (Phi) is 5.29. The van der Waals surface area contributed by atoms with Gasteiger partial charge in [-0.15, -0.1) is 0 Å². The van der Waals surface area contributed by atoms with Gasteiger partial charge >= 0.3 is 0 Å². The number of aryl methyl sites for hydroxylation is 1. The molecule has 2 aliphatic rings. The molecule has 2 N–H and O–H groups in total. The molecule has 1 unspecified atom stereocenters. The van der Waals surface area contributed by atoms with E-state index in [-0.39, 0.29) is 11.9 Å². The largest absolute Gasteiger partial charge is 0.494 e. The van der Waals surface area contributed by atoms with Crippen LogP contribution in [0.15, 0.2) is 36.5 Å². The molecule has 8 heteroatoms. The molecule has 2 fully saturated rings. The second kappa shape index (κ2) is 8.37. The number of fused-ring (bicyclic) bond motifs is 2. The summed E-state index contributed by atoms with van der Waals surface area (Å²) in [6, 6.07) is 9.97. The average Bonchev–Trinajstić information content (AvgIpc) is 3.51. The summed E-state index contributed by atoms with van der Waals surface area (Å²) < 4.78 is 10.1. The number of hydrogen-bond acceptors (Lipinski definition) is 5. The third-order valence-electron chi connectivity index (χ3n) is 7.40. The number of imidazole rings is 1. The van der Waals surface area contributed by atoms with E-state index in [1.165, 1.54) is 12.8 Å². The molecule has 0 bridgehead atoms. The maximum atomic E-state index is 13.4. The lowest BCUT2D eigenvalue weighted by Crippen LogP contribution is -2.48. The first-order valence-corrected chi connectivity index (χ1v) is 12.5. The van der Waals surface area contributed by atoms with Gasteiger partial charge in [0, 0.05) is 49.9 Å². The summed E-state index contributed by atoms with van der Waals surface area (Å²) in [7, 11) is 3.65. The minimum atomic E-state index is -0.0218. The third kappa shape index (κ3) is 3.86. The molecule has 1 aromatic carbocycles. The van der Waals surface area contributed by atoms with Crippen molar-refractivity contribution in [1.82, 2.24) is 24.0 Å². The van der Waals surface area contributed by atoms with E-state index in [4.69, 9.17) is 15.5 Å². The van der Waals surface area contributed by atoms with Crippen LogP contribution in [-0.2, 0) is 13.6 Å². The Morgan fingerprint density at radius 2 is 2.06 bits per heavy atom. The molecule has 4 aromatic rings. The van der Waals surface area contributed by atoms with Crippen LogP contribution in [-0.4, -0.2) is 56.2 Å². The molecule has 182 valence electrons. The van der Waals surface area contributed by atoms with Crippen LogP contribution in [0.4, 0.5) is 0 Å². The predicted octanol–water partition coefficient (Wildman–Crippen LogP) is 3.82. The van der Waals surface area contributed by atoms with Gasteiger partial charge in [0.15, 0.2) is 5.82 Å². The van der Waals surface area contributed by atoms with Crippen LogP contribution in [0.3, 0.4) is 0 Å². The van der Waals surface area contributed by atoms with Crippen LogP contribution in [0.25, 0.3) is 33.6 Å². The van der Waals surface area contributed by atoms with Crippen molar-refractivity contribution in [2.24, 2.45) is 24.6 Å². The first kappa shape index (κ1) is 22.1. The lowest BCUT2D eigenvalue weighted by molar-refractivity contribution is 0.0661. The van der Waals surface area contributed by atoms with Gasteiger partial charge in [0.25, 0.3) is 5.91 Å². The number of carbonyl (C=O) groups excluding carboxylic acids is 1. The Morgan fingerprint density at radius 1 is 1.23 bits per heavy atom. The molecule has 1 amide bonds. The van der Waals surface area contributed by atoms with E-state index in [1.807, 2.05) is 36.3 Å². The lowest BCUT2D eigenvalue weighted by atomic mass is 9.96. The Labute approximate surface area is 204 Å². The van der Waals surface area contributed by atoms with Gasteiger partial charge in [-0.05, 0) is 61.4 Å². The van der Waals surface area contributed by atoms with Crippen LogP contribution >= 0.6 is 0 Å². The van der Waals surface area contributed by atoms with Crippen molar-refractivity contribution in [2.75, 3.05) is 20.2 Å². The van der Waals surface area contributed by atoms with Gasteiger partial charge in [0.1, 0.15) is 16.9 Å². The summed E-state index contributed by atoms with van der Waals surface area (Å²) in [6.07, 6.45) is 5.30. The highest BCUT2D eigenvalue weighted by Gasteiger charge is 2.29. The monoisotopic (exact) mass is 472 g/mol. The minimum absolute atomic E-state index is 0.0109. The zero-order valence-corrected chi connectivity index (χ0v) is 20.6. The number of nitrogens with two attached hydrogens (primary N) is 1. The summed E-state index contributed by atoms with van der Waals surface area (Å²) >= 11 is 0. The molecular formula is C27H32N6O2. The van der Waals surface area contributed by atoms with Crippen LogP contribution in [0, 0.1) is 11.8 Å². The van der Waals surface area contributed by atoms with Crippen LogP contribution in [0.1, 0.15) is 36.5 Å². The fraction of sp³-hybridized carbons (Fsp3) is 0.444. The summed E-state index contributed by atoms with van der Waals surface area (Å²) in [5.41, 5.74) is 10.4. The summed E-state index contributed by atoms with van der Waals surface area (Å²) in [5.74, 6) is 2.54. The van der Waals surface area contributed by atoms with Crippen molar-refractivity contribution < 1.29 is 9.53 Å². The van der Waals surface area contributed by atoms with Crippen molar-refractivity contribution in [3.8, 4) is 17.3 Å². The zero-order chi connectivity index (χ0) is 24.3. The van der Waals surface area contributed by atoms with Gasteiger partial charge in [0.05, 0.1) is 18.3 Å². The number of benzene rings is 1. The second-order valence-electron chi connectivity index (χ2n) is 10.4. The molecule has 35 heavy (non-hydrogen) atoms. The van der Waals surface area contributed by atoms with Crippen molar-refractivity contribution in [1.29, 1.82) is 0 Å². The number of hydrogen-bond donors (Lipinski definition) is 1. The van der Waals surface area contributed by atoms with Crippen molar-refractivity contribution in [2.45, 2.75) is 38.8 Å². The smallest absolute Gasteiger partial charge is 0.254 e. The normalized spacial score (nSPS) is 20.6. The van der Waals surface area contributed by atoms with E-state index in [2.05, 4.69) is 33.2 Å². The molecule has 4 heterocycles. The van der Waals surface area contributed by atoms with Crippen molar-refractivity contribution in [3.05, 3.63) is 42.1 Å². The van der Waals surface area contributed by atoms with Crippen LogP contribution in [0.5, 0.6) is 5.75 Å². The first-order chi connectivity index (χ1) is 16.9. The third-order valence-corrected chi connectivity index (χ3v) is 7.40. The molecular weight excluding hydrogens is 440 g/mol. The number of amides is 1. The topological polar surface area (TPSA) is 91.2 Å². The number of ether oxygens (including phenoxy) is 1. The van der Waals surface area contributed by atoms with E-state index in [1.54, 1.807) is 7.11 Å². The second-order valence-corrected chi connectivity index (χ2v) is 10.4. The molecule has 0 radical (unpaired) electrons. The average molecular weight is 473 g/mol. The Hall–Kier alpha value is -3.39. The van der Waals surface area contributed by atoms with E-state index >= 15 is 0 Å². The minimum Gasteiger partial charge on any atom is -0.494 e. The summed E-state index contributed by atoms with van der Waals surface area (Å²) in [6.45, 7) is 4.37. The van der Waals surface area contributed by atoms with E-state index < -0.39 is 0 Å². The predicted molar refractivity (Wildman–Crippen MR) is 136 cm³/mol. The molecule has 1 aliphatic carbocycles. The van der Waals surface area contributed by atoms with Gasteiger partial charge in [-0.3, -0.25) is 4.79 Å². The van der Waals surface area contributed by atoms with Crippen molar-refractivity contribution in [3.63, 3.8) is 0 Å². The van der Waals surface area contributed by atoms with E-state index in [0.29, 0.717) is 36.2 Å². The summed E-state index contributed by atoms with van der Waals surface area (Å²) in [4.78, 5) is 25.0. The SMILES string of the molecule is COc1cc(C(=O)N2CC(N)C[C@H](C)C2)cc2nc(-c3cc4cccnc4n3CC3CC3)n(C)c12. The van der Waals surface area contributed by atoms with E-state index in [9.17, 15) is 4.79 Å². The molecule has 2 atom stereocenters. The standard InChI is InChI=1S/C27H32N6O2/c1-16-9-20(28)15-32(13-16)27(34)19-10-21-24(23(12-19)35-3)31(2)26(30-21)22-11-18-5-4-8-29-25(18)33(22)14-17-6-7-17/h4-5,8,10-12,16-17,20H,6-7,9,13-15,28H2,1-3H3/t16-,20?/m0/s1. The number of rotatable bonds is 5. The molecule has 1 saturated carbocycles. The van der Waals surface area contributed by atoms with Gasteiger partial charge in [-0.25, -0.2) is 9.97 Å². The van der Waals surface area contributed by atoms with Crippen molar-refractivity contribution >= 4 is 28.0 Å². The highest BCUT2D eigenvalue weighted by atomic mass is 16.5.